The van der Waals surface area contributed by atoms with E-state index in [1.807, 2.05) is 51.1 Å². The van der Waals surface area contributed by atoms with Crippen LogP contribution in [0.1, 0.15) is 43.0 Å². The highest BCUT2D eigenvalue weighted by Gasteiger charge is 2.38. The van der Waals surface area contributed by atoms with Crippen molar-refractivity contribution in [2.24, 2.45) is 5.73 Å². The van der Waals surface area contributed by atoms with Gasteiger partial charge in [0.2, 0.25) is 0 Å². The summed E-state index contributed by atoms with van der Waals surface area (Å²) >= 11 is 0. The Labute approximate surface area is 217 Å². The van der Waals surface area contributed by atoms with Gasteiger partial charge in [-0.3, -0.25) is 4.90 Å². The predicted octanol–water partition coefficient (Wildman–Crippen LogP) is 5.66. The lowest BCUT2D eigenvalue weighted by Gasteiger charge is -2.46. The predicted molar refractivity (Wildman–Crippen MR) is 141 cm³/mol. The molecule has 3 aromatic carbocycles. The van der Waals surface area contributed by atoms with E-state index in [4.69, 9.17) is 10.5 Å². The van der Waals surface area contributed by atoms with Crippen LogP contribution in [0.15, 0.2) is 72.8 Å². The summed E-state index contributed by atoms with van der Waals surface area (Å²) in [5, 5.41) is 0. The van der Waals surface area contributed by atoms with Crippen LogP contribution < -0.4 is 5.73 Å². The van der Waals surface area contributed by atoms with E-state index in [0.717, 1.165) is 22.3 Å². The number of carbonyl (C=O) groups excluding carboxylic acids is 1. The minimum Gasteiger partial charge on any atom is -0.444 e. The molecule has 7 heteroatoms. The molecule has 3 aromatic rings. The number of rotatable bonds is 7. The molecule has 1 amide bonds. The van der Waals surface area contributed by atoms with Crippen LogP contribution >= 0.6 is 0 Å². The van der Waals surface area contributed by atoms with Crippen LogP contribution in [0.25, 0.3) is 0 Å². The Bertz CT molecular complexity index is 1210. The van der Waals surface area contributed by atoms with Gasteiger partial charge >= 0.3 is 6.09 Å². The Kier molecular flexibility index (Phi) is 7.95. The van der Waals surface area contributed by atoms with Gasteiger partial charge in [-0.25, -0.2) is 13.6 Å². The van der Waals surface area contributed by atoms with Gasteiger partial charge in [0.1, 0.15) is 17.2 Å². The number of ether oxygens (including phenoxy) is 1. The summed E-state index contributed by atoms with van der Waals surface area (Å²) in [6.45, 7) is 7.34. The molecule has 0 fully saturated rings. The van der Waals surface area contributed by atoms with Crippen LogP contribution in [0.5, 0.6) is 0 Å². The maximum atomic E-state index is 14.0. The molecule has 2 N–H and O–H groups in total. The van der Waals surface area contributed by atoms with Crippen LogP contribution in [-0.2, 0) is 30.7 Å². The van der Waals surface area contributed by atoms with Crippen LogP contribution in [0, 0.1) is 11.6 Å². The van der Waals surface area contributed by atoms with Gasteiger partial charge in [0, 0.05) is 39.0 Å². The standard InChI is InChI=1S/C30H35F2N3O2/c1-29(2,3)37-28(36)34(20-23-7-5-4-6-8-23)15-16-35-21-24-11-14-27(32)17-25(24)19-30(35,33)18-22-9-12-26(31)13-10-22/h4-14,17H,15-16,18-21,33H2,1-3H3. The monoisotopic (exact) mass is 507 g/mol. The first-order valence-corrected chi connectivity index (χ1v) is 12.6. The lowest BCUT2D eigenvalue weighted by atomic mass is 9.85. The number of carbonyl (C=O) groups is 1. The van der Waals surface area contributed by atoms with Crippen molar-refractivity contribution in [3.05, 3.63) is 107 Å². The van der Waals surface area contributed by atoms with Gasteiger partial charge in [0.05, 0.1) is 5.66 Å². The molecule has 0 bridgehead atoms. The van der Waals surface area contributed by atoms with Gasteiger partial charge in [-0.2, -0.15) is 0 Å². The molecule has 1 aliphatic heterocycles. The summed E-state index contributed by atoms with van der Waals surface area (Å²) in [5.41, 5.74) is 9.33. The molecule has 37 heavy (non-hydrogen) atoms. The van der Waals surface area contributed by atoms with E-state index in [0.29, 0.717) is 39.0 Å². The number of benzene rings is 3. The molecular formula is C30H35F2N3O2. The maximum absolute atomic E-state index is 14.0. The van der Waals surface area contributed by atoms with E-state index in [1.54, 1.807) is 29.2 Å². The Balaban J connectivity index is 1.58. The van der Waals surface area contributed by atoms with Gasteiger partial charge in [-0.15, -0.1) is 0 Å². The zero-order valence-corrected chi connectivity index (χ0v) is 21.7. The fraction of sp³-hybridized carbons (Fsp3) is 0.367. The van der Waals surface area contributed by atoms with Crippen molar-refractivity contribution >= 4 is 6.09 Å². The van der Waals surface area contributed by atoms with Crippen LogP contribution in [-0.4, -0.2) is 40.2 Å². The zero-order valence-electron chi connectivity index (χ0n) is 21.7. The average Bonchev–Trinajstić information content (AvgIpc) is 2.83. The summed E-state index contributed by atoms with van der Waals surface area (Å²) in [7, 11) is 0. The lowest BCUT2D eigenvalue weighted by Crippen LogP contribution is -2.62. The second kappa shape index (κ2) is 11.0. The number of fused-ring (bicyclic) bond motifs is 1. The molecule has 5 nitrogen and oxygen atoms in total. The van der Waals surface area contributed by atoms with Gasteiger partial charge < -0.3 is 15.4 Å². The molecular weight excluding hydrogens is 472 g/mol. The molecule has 0 saturated heterocycles. The second-order valence-corrected chi connectivity index (χ2v) is 10.8. The number of nitrogens with zero attached hydrogens (tertiary/aromatic N) is 2. The topological polar surface area (TPSA) is 58.8 Å². The second-order valence-electron chi connectivity index (χ2n) is 10.8. The van der Waals surface area contributed by atoms with Crippen molar-refractivity contribution in [1.82, 2.24) is 9.80 Å². The smallest absolute Gasteiger partial charge is 0.410 e. The van der Waals surface area contributed by atoms with Gasteiger partial charge in [0.15, 0.2) is 0 Å². The lowest BCUT2D eigenvalue weighted by molar-refractivity contribution is 0.0134. The summed E-state index contributed by atoms with van der Waals surface area (Å²) in [4.78, 5) is 17.0. The third kappa shape index (κ3) is 7.14. The molecule has 1 aliphatic rings. The molecule has 1 atom stereocenters. The Morgan fingerprint density at radius 1 is 0.973 bits per heavy atom. The number of nitrogens with two attached hydrogens (primary N) is 1. The molecule has 0 aromatic heterocycles. The summed E-state index contributed by atoms with van der Waals surface area (Å²) in [6, 6.07) is 20.9. The van der Waals surface area contributed by atoms with Crippen molar-refractivity contribution in [3.63, 3.8) is 0 Å². The third-order valence-corrected chi connectivity index (χ3v) is 6.59. The highest BCUT2D eigenvalue weighted by molar-refractivity contribution is 5.68. The van der Waals surface area contributed by atoms with E-state index in [9.17, 15) is 13.6 Å². The molecule has 0 radical (unpaired) electrons. The van der Waals surface area contributed by atoms with E-state index in [1.165, 1.54) is 18.2 Å². The normalized spacial score (nSPS) is 17.8. The molecule has 0 spiro atoms. The summed E-state index contributed by atoms with van der Waals surface area (Å²) in [6.07, 6.45) is 0.494. The largest absolute Gasteiger partial charge is 0.444 e. The Morgan fingerprint density at radius 3 is 2.32 bits per heavy atom. The number of hydrogen-bond donors (Lipinski definition) is 1. The van der Waals surface area contributed by atoms with Crippen LogP contribution in [0.3, 0.4) is 0 Å². The third-order valence-electron chi connectivity index (χ3n) is 6.59. The quantitative estimate of drug-likeness (QED) is 0.449. The first kappa shape index (κ1) is 26.8. The van der Waals surface area contributed by atoms with E-state index >= 15 is 0 Å². The molecule has 1 unspecified atom stereocenters. The molecule has 4 rings (SSSR count). The van der Waals surface area contributed by atoms with Crippen molar-refractivity contribution in [2.75, 3.05) is 13.1 Å². The maximum Gasteiger partial charge on any atom is 0.410 e. The van der Waals surface area contributed by atoms with Crippen molar-refractivity contribution in [1.29, 1.82) is 0 Å². The fourth-order valence-electron chi connectivity index (χ4n) is 4.76. The Hall–Kier alpha value is -3.29. The fourth-order valence-corrected chi connectivity index (χ4v) is 4.76. The van der Waals surface area contributed by atoms with Crippen LogP contribution in [0.4, 0.5) is 13.6 Å². The minimum absolute atomic E-state index is 0.296. The number of amides is 1. The summed E-state index contributed by atoms with van der Waals surface area (Å²) < 4.78 is 33.3. The van der Waals surface area contributed by atoms with Crippen molar-refractivity contribution in [2.45, 2.75) is 58.0 Å². The van der Waals surface area contributed by atoms with Gasteiger partial charge in [-0.1, -0.05) is 48.5 Å². The minimum atomic E-state index is -0.842. The highest BCUT2D eigenvalue weighted by atomic mass is 19.1. The van der Waals surface area contributed by atoms with Crippen molar-refractivity contribution in [3.8, 4) is 0 Å². The van der Waals surface area contributed by atoms with E-state index in [2.05, 4.69) is 4.90 Å². The van der Waals surface area contributed by atoms with Gasteiger partial charge in [-0.05, 0) is 67.3 Å². The SMILES string of the molecule is CC(C)(C)OC(=O)N(CCN1Cc2ccc(F)cc2CC1(N)Cc1ccc(F)cc1)Cc1ccccc1. The number of halogens is 2. The average molecular weight is 508 g/mol. The highest BCUT2D eigenvalue weighted by Crippen LogP contribution is 2.31. The molecule has 0 saturated carbocycles. The Morgan fingerprint density at radius 2 is 1.65 bits per heavy atom. The van der Waals surface area contributed by atoms with Crippen LogP contribution in [0.2, 0.25) is 0 Å². The van der Waals surface area contributed by atoms with E-state index < -0.39 is 17.4 Å². The van der Waals surface area contributed by atoms with E-state index in [-0.39, 0.29) is 11.6 Å². The zero-order chi connectivity index (χ0) is 26.6. The van der Waals surface area contributed by atoms with Gasteiger partial charge in [0.25, 0.3) is 0 Å². The molecule has 1 heterocycles. The molecule has 196 valence electrons. The number of hydrogen-bond acceptors (Lipinski definition) is 4. The first-order valence-electron chi connectivity index (χ1n) is 12.6. The summed E-state index contributed by atoms with van der Waals surface area (Å²) in [5.74, 6) is -0.605. The molecule has 0 aliphatic carbocycles. The first-order chi connectivity index (χ1) is 17.5. The van der Waals surface area contributed by atoms with Crippen molar-refractivity contribution < 1.29 is 18.3 Å².